The first kappa shape index (κ1) is 21.4. The number of carbonyl (C=O) groups is 1. The van der Waals surface area contributed by atoms with E-state index >= 15 is 0 Å². The fourth-order valence-electron chi connectivity index (χ4n) is 4.39. The van der Waals surface area contributed by atoms with Gasteiger partial charge in [0, 0.05) is 23.3 Å². The molecular formula is C26H25N5OS. The minimum atomic E-state index is -0.708. The zero-order chi connectivity index (χ0) is 22.8. The normalized spacial score (nSPS) is 14.8. The van der Waals surface area contributed by atoms with Gasteiger partial charge < -0.3 is 5.32 Å². The molecule has 7 heteroatoms. The monoisotopic (exact) mass is 455 g/mol. The molecule has 1 N–H and O–H groups in total. The molecule has 3 heterocycles. The summed E-state index contributed by atoms with van der Waals surface area (Å²) in [5.41, 5.74) is 3.37. The highest BCUT2D eigenvalue weighted by atomic mass is 32.2. The number of nitrogens with zero attached hydrogens (tertiary/aromatic N) is 4. The minimum Gasteiger partial charge on any atom is -0.305 e. The van der Waals surface area contributed by atoms with Gasteiger partial charge in [0.1, 0.15) is 0 Å². The van der Waals surface area contributed by atoms with Crippen molar-refractivity contribution >= 4 is 33.7 Å². The zero-order valence-corrected chi connectivity index (χ0v) is 19.4. The van der Waals surface area contributed by atoms with Crippen LogP contribution < -0.4 is 5.32 Å². The van der Waals surface area contributed by atoms with Crippen molar-refractivity contribution in [1.29, 1.82) is 0 Å². The Hall–Kier alpha value is -3.45. The summed E-state index contributed by atoms with van der Waals surface area (Å²) in [4.78, 5) is 22.0. The van der Waals surface area contributed by atoms with Crippen LogP contribution in [0.4, 0.5) is 0 Å². The molecule has 0 fully saturated rings. The Bertz CT molecular complexity index is 1310. The molecule has 1 atom stereocenters. The van der Waals surface area contributed by atoms with Gasteiger partial charge in [0.25, 0.3) is 0 Å². The lowest BCUT2D eigenvalue weighted by Crippen LogP contribution is -2.43. The number of thioether (sulfide) groups is 1. The van der Waals surface area contributed by atoms with Crippen LogP contribution in [0.15, 0.2) is 84.2 Å². The molecule has 0 saturated carbocycles. The molecule has 0 saturated heterocycles. The van der Waals surface area contributed by atoms with Gasteiger partial charge in [-0.2, -0.15) is 5.10 Å². The highest BCUT2D eigenvalue weighted by Gasteiger charge is 2.39. The molecule has 0 bridgehead atoms. The van der Waals surface area contributed by atoms with Crippen LogP contribution in [-0.2, 0) is 4.79 Å². The molecule has 166 valence electrons. The van der Waals surface area contributed by atoms with E-state index in [9.17, 15) is 4.79 Å². The number of rotatable bonds is 5. The van der Waals surface area contributed by atoms with E-state index in [-0.39, 0.29) is 11.8 Å². The molecule has 0 radical (unpaired) electrons. The third kappa shape index (κ3) is 4.16. The van der Waals surface area contributed by atoms with Gasteiger partial charge in [-0.3, -0.25) is 14.8 Å². The van der Waals surface area contributed by atoms with Gasteiger partial charge in [0.15, 0.2) is 5.17 Å². The SMILES string of the molecule is CC(C)(C(=O)NC1=NCCS1)C(c1ccccc1)c1ccc2c(cnn2-c2cccnc2)c1. The maximum atomic E-state index is 13.4. The van der Waals surface area contributed by atoms with Crippen molar-refractivity contribution in [2.24, 2.45) is 10.4 Å². The van der Waals surface area contributed by atoms with Crippen LogP contribution in [0.2, 0.25) is 0 Å². The number of fused-ring (bicyclic) bond motifs is 1. The van der Waals surface area contributed by atoms with E-state index in [0.717, 1.165) is 40.0 Å². The number of nitrogens with one attached hydrogen (secondary N) is 1. The number of amides is 1. The summed E-state index contributed by atoms with van der Waals surface area (Å²) in [6, 6.07) is 20.4. The van der Waals surface area contributed by atoms with Gasteiger partial charge in [-0.25, -0.2) is 4.68 Å². The maximum absolute atomic E-state index is 13.4. The summed E-state index contributed by atoms with van der Waals surface area (Å²) in [5.74, 6) is 0.739. The Morgan fingerprint density at radius 1 is 1.06 bits per heavy atom. The van der Waals surface area contributed by atoms with Crippen molar-refractivity contribution < 1.29 is 4.79 Å². The second kappa shape index (κ2) is 8.83. The van der Waals surface area contributed by atoms with Crippen LogP contribution in [0.5, 0.6) is 0 Å². The Labute approximate surface area is 197 Å². The van der Waals surface area contributed by atoms with Crippen molar-refractivity contribution in [2.45, 2.75) is 19.8 Å². The summed E-state index contributed by atoms with van der Waals surface area (Å²) in [7, 11) is 0. The molecule has 33 heavy (non-hydrogen) atoms. The summed E-state index contributed by atoms with van der Waals surface area (Å²) in [5, 5.41) is 9.37. The molecular weight excluding hydrogens is 430 g/mol. The first-order valence-electron chi connectivity index (χ1n) is 11.0. The Kier molecular flexibility index (Phi) is 5.72. The highest BCUT2D eigenvalue weighted by Crippen LogP contribution is 2.42. The van der Waals surface area contributed by atoms with Gasteiger partial charge in [0.2, 0.25) is 5.91 Å². The van der Waals surface area contributed by atoms with Gasteiger partial charge in [-0.1, -0.05) is 62.0 Å². The highest BCUT2D eigenvalue weighted by molar-refractivity contribution is 8.14. The molecule has 0 spiro atoms. The second-order valence-electron chi connectivity index (χ2n) is 8.64. The van der Waals surface area contributed by atoms with E-state index < -0.39 is 5.41 Å². The molecule has 0 aliphatic carbocycles. The van der Waals surface area contributed by atoms with E-state index in [1.807, 2.05) is 55.1 Å². The zero-order valence-electron chi connectivity index (χ0n) is 18.6. The van der Waals surface area contributed by atoms with E-state index in [4.69, 9.17) is 0 Å². The Morgan fingerprint density at radius 3 is 2.64 bits per heavy atom. The molecule has 1 amide bonds. The minimum absolute atomic E-state index is 0.0318. The number of amidine groups is 1. The van der Waals surface area contributed by atoms with Gasteiger partial charge in [-0.15, -0.1) is 0 Å². The van der Waals surface area contributed by atoms with Crippen molar-refractivity contribution in [2.75, 3.05) is 12.3 Å². The molecule has 1 aliphatic rings. The van der Waals surface area contributed by atoms with Crippen LogP contribution in [0, 0.1) is 5.41 Å². The molecule has 2 aromatic carbocycles. The lowest BCUT2D eigenvalue weighted by molar-refractivity contribution is -0.128. The molecule has 1 unspecified atom stereocenters. The van der Waals surface area contributed by atoms with Crippen LogP contribution in [0.25, 0.3) is 16.6 Å². The Morgan fingerprint density at radius 2 is 1.91 bits per heavy atom. The smallest absolute Gasteiger partial charge is 0.232 e. The molecule has 4 aromatic rings. The van der Waals surface area contributed by atoms with Crippen molar-refractivity contribution in [3.8, 4) is 5.69 Å². The van der Waals surface area contributed by atoms with E-state index in [2.05, 4.69) is 50.7 Å². The number of benzene rings is 2. The summed E-state index contributed by atoms with van der Waals surface area (Å²) in [6.07, 6.45) is 5.41. The van der Waals surface area contributed by atoms with Crippen molar-refractivity contribution in [3.05, 3.63) is 90.4 Å². The lowest BCUT2D eigenvalue weighted by Gasteiger charge is -2.34. The van der Waals surface area contributed by atoms with Crippen LogP contribution in [0.1, 0.15) is 30.9 Å². The van der Waals surface area contributed by atoms with Crippen LogP contribution in [-0.4, -0.2) is 38.1 Å². The quantitative estimate of drug-likeness (QED) is 0.469. The van der Waals surface area contributed by atoms with E-state index in [0.29, 0.717) is 5.17 Å². The van der Waals surface area contributed by atoms with Crippen molar-refractivity contribution in [1.82, 2.24) is 20.1 Å². The number of hydrogen-bond donors (Lipinski definition) is 1. The lowest BCUT2D eigenvalue weighted by atomic mass is 9.70. The number of aliphatic imine (C=N–C) groups is 1. The van der Waals surface area contributed by atoms with Gasteiger partial charge in [-0.05, 0) is 35.4 Å². The van der Waals surface area contributed by atoms with Gasteiger partial charge >= 0.3 is 0 Å². The van der Waals surface area contributed by atoms with Crippen molar-refractivity contribution in [3.63, 3.8) is 0 Å². The number of aromatic nitrogens is 3. The summed E-state index contributed by atoms with van der Waals surface area (Å²) >= 11 is 1.59. The first-order chi connectivity index (χ1) is 16.0. The third-order valence-corrected chi connectivity index (χ3v) is 6.95. The third-order valence-electron chi connectivity index (χ3n) is 6.06. The average molecular weight is 456 g/mol. The predicted octanol–water partition coefficient (Wildman–Crippen LogP) is 4.80. The van der Waals surface area contributed by atoms with Crippen LogP contribution >= 0.6 is 11.8 Å². The standard InChI is InChI=1S/C26H25N5OS/c1-26(2,24(32)30-25-28-13-14-33-25)23(18-7-4-3-5-8-18)19-10-11-22-20(15-19)16-29-31(22)21-9-6-12-27-17-21/h3-12,15-17,23H,13-14H2,1-2H3,(H,28,30,32). The Balaban J connectivity index is 1.56. The molecule has 2 aromatic heterocycles. The second-order valence-corrected chi connectivity index (χ2v) is 9.72. The molecule has 1 aliphatic heterocycles. The topological polar surface area (TPSA) is 72.2 Å². The largest absolute Gasteiger partial charge is 0.305 e. The number of pyridine rings is 1. The summed E-state index contributed by atoms with van der Waals surface area (Å²) < 4.78 is 1.89. The fraction of sp³-hybridized carbons (Fsp3) is 0.231. The maximum Gasteiger partial charge on any atom is 0.232 e. The van der Waals surface area contributed by atoms with Crippen LogP contribution in [0.3, 0.4) is 0 Å². The first-order valence-corrected chi connectivity index (χ1v) is 11.9. The number of hydrogen-bond acceptors (Lipinski definition) is 5. The fourth-order valence-corrected chi connectivity index (χ4v) is 5.11. The molecule has 6 nitrogen and oxygen atoms in total. The van der Waals surface area contributed by atoms with E-state index in [1.165, 1.54) is 0 Å². The number of carbonyl (C=O) groups excluding carboxylic acids is 1. The molecule has 5 rings (SSSR count). The average Bonchev–Trinajstić information content (AvgIpc) is 3.50. The van der Waals surface area contributed by atoms with Gasteiger partial charge in [0.05, 0.1) is 35.6 Å². The van der Waals surface area contributed by atoms with E-state index in [1.54, 1.807) is 24.2 Å². The summed E-state index contributed by atoms with van der Waals surface area (Å²) in [6.45, 7) is 4.76. The predicted molar refractivity (Wildman–Crippen MR) is 134 cm³/mol.